The van der Waals surface area contributed by atoms with Gasteiger partial charge in [-0.1, -0.05) is 63.2 Å². The van der Waals surface area contributed by atoms with E-state index in [1.54, 1.807) is 42.7 Å². The van der Waals surface area contributed by atoms with Gasteiger partial charge in [-0.3, -0.25) is 4.98 Å². The van der Waals surface area contributed by atoms with Crippen LogP contribution in [0.15, 0.2) is 90.1 Å². The molecule has 5 aromatic rings. The molecule has 0 aliphatic rings. The van der Waals surface area contributed by atoms with Crippen LogP contribution in [0.2, 0.25) is 0 Å². The summed E-state index contributed by atoms with van der Waals surface area (Å²) in [5.41, 5.74) is 3.63. The first-order valence-electron chi connectivity index (χ1n) is 11.0. The first-order chi connectivity index (χ1) is 16.7. The van der Waals surface area contributed by atoms with Crippen molar-refractivity contribution >= 4 is 31.7 Å². The summed E-state index contributed by atoms with van der Waals surface area (Å²) in [6.07, 6.45) is 3.28. The van der Waals surface area contributed by atoms with Crippen molar-refractivity contribution in [1.82, 2.24) is 15.0 Å². The lowest BCUT2D eigenvalue weighted by molar-refractivity contribution is 0.479. The van der Waals surface area contributed by atoms with Crippen molar-refractivity contribution in [3.63, 3.8) is 0 Å². The molecule has 6 nitrogen and oxygen atoms in total. The van der Waals surface area contributed by atoms with E-state index in [4.69, 9.17) is 9.17 Å². The fourth-order valence-corrected chi connectivity index (χ4v) is 5.60. The minimum absolute atomic E-state index is 0.00762. The number of rotatable bonds is 5. The molecule has 0 saturated heterocycles. The number of pyridine rings is 1. The second-order valence-electron chi connectivity index (χ2n) is 9.09. The Labute approximate surface area is 208 Å². The van der Waals surface area contributed by atoms with Crippen molar-refractivity contribution in [1.29, 1.82) is 0 Å². The third-order valence-corrected chi connectivity index (χ3v) is 7.92. The second-order valence-corrected chi connectivity index (χ2v) is 11.7. The predicted octanol–water partition coefficient (Wildman–Crippen LogP) is 6.49. The van der Waals surface area contributed by atoms with Crippen LogP contribution in [0.4, 0.5) is 0 Å². The molecule has 0 bridgehead atoms. The molecule has 0 atom stereocenters. The molecule has 5 rings (SSSR count). The third-order valence-electron chi connectivity index (χ3n) is 5.53. The van der Waals surface area contributed by atoms with Gasteiger partial charge >= 0.3 is 10.1 Å². The van der Waals surface area contributed by atoms with Crippen LogP contribution in [0.1, 0.15) is 26.3 Å². The summed E-state index contributed by atoms with van der Waals surface area (Å²) in [6, 6.07) is 21.9. The lowest BCUT2D eigenvalue weighted by atomic mass is 9.86. The maximum atomic E-state index is 13.0. The van der Waals surface area contributed by atoms with E-state index >= 15 is 0 Å². The third kappa shape index (κ3) is 4.80. The Morgan fingerprint density at radius 3 is 2.17 bits per heavy atom. The molecule has 176 valence electrons. The molecule has 0 spiro atoms. The van der Waals surface area contributed by atoms with Gasteiger partial charge in [0, 0.05) is 22.8 Å². The smallest absolute Gasteiger partial charge is 0.340 e. The lowest BCUT2D eigenvalue weighted by Crippen LogP contribution is -2.11. The molecule has 0 fully saturated rings. The summed E-state index contributed by atoms with van der Waals surface area (Å²) in [6.45, 7) is 6.53. The Bertz CT molecular complexity index is 1590. The Kier molecular flexibility index (Phi) is 5.86. The molecule has 3 heterocycles. The predicted molar refractivity (Wildman–Crippen MR) is 139 cm³/mol. The molecule has 0 N–H and O–H groups in total. The average molecular weight is 502 g/mol. The largest absolute Gasteiger partial charge is 0.356 e. The van der Waals surface area contributed by atoms with E-state index in [0.29, 0.717) is 21.6 Å². The van der Waals surface area contributed by atoms with Gasteiger partial charge < -0.3 is 4.18 Å². The monoisotopic (exact) mass is 501 g/mol. The zero-order valence-electron chi connectivity index (χ0n) is 19.5. The Morgan fingerprint density at radius 2 is 1.51 bits per heavy atom. The van der Waals surface area contributed by atoms with Crippen molar-refractivity contribution in [3.8, 4) is 27.7 Å². The Balaban J connectivity index is 1.64. The van der Waals surface area contributed by atoms with E-state index in [1.807, 2.05) is 6.07 Å². The molecule has 0 aliphatic heterocycles. The van der Waals surface area contributed by atoms with Crippen molar-refractivity contribution in [2.45, 2.75) is 31.1 Å². The fraction of sp³-hybridized carbons (Fsp3) is 0.148. The lowest BCUT2D eigenvalue weighted by Gasteiger charge is -2.18. The minimum atomic E-state index is -4.08. The van der Waals surface area contributed by atoms with E-state index in [9.17, 15) is 8.42 Å². The maximum Gasteiger partial charge on any atom is 0.340 e. The van der Waals surface area contributed by atoms with Crippen LogP contribution in [0.5, 0.6) is 5.88 Å². The van der Waals surface area contributed by atoms with Crippen molar-refractivity contribution in [2.75, 3.05) is 0 Å². The zero-order valence-corrected chi connectivity index (χ0v) is 21.1. The van der Waals surface area contributed by atoms with E-state index in [-0.39, 0.29) is 16.2 Å². The van der Waals surface area contributed by atoms with Gasteiger partial charge in [-0.15, -0.1) is 11.3 Å². The van der Waals surface area contributed by atoms with Gasteiger partial charge in [-0.2, -0.15) is 13.4 Å². The van der Waals surface area contributed by atoms with E-state index in [0.717, 1.165) is 10.4 Å². The number of thiophene rings is 1. The number of benzene rings is 2. The van der Waals surface area contributed by atoms with Crippen LogP contribution in [0.3, 0.4) is 0 Å². The van der Waals surface area contributed by atoms with Crippen LogP contribution >= 0.6 is 11.3 Å². The summed E-state index contributed by atoms with van der Waals surface area (Å²) in [5.74, 6) is 0.374. The highest BCUT2D eigenvalue weighted by Crippen LogP contribution is 2.39. The summed E-state index contributed by atoms with van der Waals surface area (Å²) in [7, 11) is -4.08. The topological polar surface area (TPSA) is 82.0 Å². The quantitative estimate of drug-likeness (QED) is 0.256. The highest BCUT2D eigenvalue weighted by atomic mass is 32.2. The van der Waals surface area contributed by atoms with Crippen LogP contribution in [0, 0.1) is 0 Å². The molecule has 8 heteroatoms. The molecule has 3 aromatic heterocycles. The van der Waals surface area contributed by atoms with Crippen LogP contribution in [0.25, 0.3) is 32.0 Å². The molecule has 2 aromatic carbocycles. The molecule has 0 saturated carbocycles. The van der Waals surface area contributed by atoms with Gasteiger partial charge in [-0.05, 0) is 46.9 Å². The van der Waals surface area contributed by atoms with E-state index in [1.165, 1.54) is 29.0 Å². The van der Waals surface area contributed by atoms with Crippen LogP contribution in [-0.2, 0) is 15.5 Å². The molecular formula is C27H23N3O3S2. The van der Waals surface area contributed by atoms with E-state index in [2.05, 4.69) is 55.0 Å². The first-order valence-corrected chi connectivity index (χ1v) is 13.3. The number of hydrogen-bond donors (Lipinski definition) is 0. The van der Waals surface area contributed by atoms with E-state index < -0.39 is 10.1 Å². The molecule has 35 heavy (non-hydrogen) atoms. The maximum absolute atomic E-state index is 13.0. The van der Waals surface area contributed by atoms with Crippen molar-refractivity contribution < 1.29 is 12.6 Å². The number of nitrogens with zero attached hydrogens (tertiary/aromatic N) is 3. The Hall–Kier alpha value is -3.62. The molecule has 0 unspecified atom stereocenters. The molecule has 0 radical (unpaired) electrons. The fourth-order valence-electron chi connectivity index (χ4n) is 3.61. The van der Waals surface area contributed by atoms with Gasteiger partial charge in [0.2, 0.25) is 0 Å². The number of aromatic nitrogens is 3. The summed E-state index contributed by atoms with van der Waals surface area (Å²) in [5, 5.41) is 0. The van der Waals surface area contributed by atoms with Gasteiger partial charge in [0.25, 0.3) is 5.88 Å². The van der Waals surface area contributed by atoms with Crippen LogP contribution < -0.4 is 4.18 Å². The molecular weight excluding hydrogens is 478 g/mol. The number of hydrogen-bond acceptors (Lipinski definition) is 7. The minimum Gasteiger partial charge on any atom is -0.356 e. The second kappa shape index (κ2) is 8.87. The highest BCUT2D eigenvalue weighted by Gasteiger charge is 2.22. The van der Waals surface area contributed by atoms with Gasteiger partial charge in [0.15, 0.2) is 5.82 Å². The Morgan fingerprint density at radius 1 is 0.829 bits per heavy atom. The summed E-state index contributed by atoms with van der Waals surface area (Å²) in [4.78, 5) is 14.3. The summed E-state index contributed by atoms with van der Waals surface area (Å²) >= 11 is 1.40. The molecule has 0 amide bonds. The zero-order chi connectivity index (χ0) is 24.6. The van der Waals surface area contributed by atoms with Crippen molar-refractivity contribution in [2.24, 2.45) is 0 Å². The average Bonchev–Trinajstić information content (AvgIpc) is 3.29. The van der Waals surface area contributed by atoms with Crippen molar-refractivity contribution in [3.05, 3.63) is 90.8 Å². The highest BCUT2D eigenvalue weighted by molar-refractivity contribution is 7.87. The first kappa shape index (κ1) is 23.1. The standard InChI is InChI=1S/C27H23N3O3S2/c1-27(2,3)20-11-9-18(10-12-20)23-17-22-24(34-23)26(30-25(29-22)19-13-15-28-16-14-19)33-35(31,32)21-7-5-4-6-8-21/h4-17H,1-3H3. The van der Waals surface area contributed by atoms with Gasteiger partial charge in [-0.25, -0.2) is 4.98 Å². The number of fused-ring (bicyclic) bond motifs is 1. The van der Waals surface area contributed by atoms with Gasteiger partial charge in [0.05, 0.1) is 5.52 Å². The normalized spacial score (nSPS) is 12.1. The van der Waals surface area contributed by atoms with Gasteiger partial charge in [0.1, 0.15) is 9.60 Å². The molecule has 0 aliphatic carbocycles. The summed E-state index contributed by atoms with van der Waals surface area (Å²) < 4.78 is 32.2. The SMILES string of the molecule is CC(C)(C)c1ccc(-c2cc3nc(-c4ccncc4)nc(OS(=O)(=O)c4ccccc4)c3s2)cc1. The van der Waals surface area contributed by atoms with Crippen LogP contribution in [-0.4, -0.2) is 23.4 Å².